The summed E-state index contributed by atoms with van der Waals surface area (Å²) in [6.45, 7) is 0. The molecule has 0 bridgehead atoms. The molecule has 0 saturated heterocycles. The van der Waals surface area contributed by atoms with Crippen molar-refractivity contribution >= 4 is 12.6 Å². The second kappa shape index (κ2) is 6.19. The first-order valence-corrected chi connectivity index (χ1v) is 7.02. The van der Waals surface area contributed by atoms with Crippen LogP contribution in [0.2, 0.25) is 0 Å². The molecule has 22 heavy (non-hydrogen) atoms. The molecule has 0 aliphatic heterocycles. The predicted octanol–water partition coefficient (Wildman–Crippen LogP) is 4.65. The Labute approximate surface area is 129 Å². The van der Waals surface area contributed by atoms with Crippen molar-refractivity contribution in [3.63, 3.8) is 0 Å². The monoisotopic (exact) mass is 286 g/mol. The number of carbonyl (C=O) groups is 2. The molecule has 0 heterocycles. The van der Waals surface area contributed by atoms with Gasteiger partial charge in [0.15, 0.2) is 12.6 Å². The van der Waals surface area contributed by atoms with Gasteiger partial charge in [0, 0.05) is 11.1 Å². The van der Waals surface area contributed by atoms with Crippen LogP contribution in [0.15, 0.2) is 72.8 Å². The molecule has 0 radical (unpaired) electrons. The van der Waals surface area contributed by atoms with Gasteiger partial charge in [0.25, 0.3) is 0 Å². The van der Waals surface area contributed by atoms with Gasteiger partial charge in [0.2, 0.25) is 0 Å². The topological polar surface area (TPSA) is 34.1 Å². The van der Waals surface area contributed by atoms with Gasteiger partial charge in [-0.15, -0.1) is 0 Å². The predicted molar refractivity (Wildman–Crippen MR) is 88.1 cm³/mol. The molecule has 2 heteroatoms. The number of aldehydes is 2. The highest BCUT2D eigenvalue weighted by Crippen LogP contribution is 2.29. The quantitative estimate of drug-likeness (QED) is 0.654. The fourth-order valence-electron chi connectivity index (χ4n) is 2.58. The smallest absolute Gasteiger partial charge is 0.150 e. The summed E-state index contributed by atoms with van der Waals surface area (Å²) in [6, 6.07) is 22.8. The molecule has 0 amide bonds. The summed E-state index contributed by atoms with van der Waals surface area (Å²) in [5.41, 5.74) is 5.01. The number of rotatable bonds is 4. The van der Waals surface area contributed by atoms with E-state index in [-0.39, 0.29) is 0 Å². The van der Waals surface area contributed by atoms with Crippen LogP contribution in [0, 0.1) is 0 Å². The zero-order chi connectivity index (χ0) is 15.4. The Morgan fingerprint density at radius 3 is 1.45 bits per heavy atom. The second-order valence-electron chi connectivity index (χ2n) is 4.99. The lowest BCUT2D eigenvalue weighted by Crippen LogP contribution is -1.90. The molecule has 3 rings (SSSR count). The van der Waals surface area contributed by atoms with E-state index in [0.717, 1.165) is 34.8 Å². The van der Waals surface area contributed by atoms with Crippen molar-refractivity contribution in [1.29, 1.82) is 0 Å². The van der Waals surface area contributed by atoms with Crippen molar-refractivity contribution in [2.75, 3.05) is 0 Å². The number of hydrogen-bond donors (Lipinski definition) is 0. The first kappa shape index (κ1) is 14.0. The van der Waals surface area contributed by atoms with Gasteiger partial charge in [-0.3, -0.25) is 9.59 Å². The molecule has 0 saturated carbocycles. The average Bonchev–Trinajstić information content (AvgIpc) is 2.61. The average molecular weight is 286 g/mol. The summed E-state index contributed by atoms with van der Waals surface area (Å²) < 4.78 is 0. The third-order valence-electron chi connectivity index (χ3n) is 3.66. The maximum absolute atomic E-state index is 11.2. The number of carbonyl (C=O) groups excluding carboxylic acids is 2. The van der Waals surface area contributed by atoms with Crippen molar-refractivity contribution in [1.82, 2.24) is 0 Å². The van der Waals surface area contributed by atoms with Crippen LogP contribution < -0.4 is 0 Å². The molecule has 0 fully saturated rings. The fraction of sp³-hybridized carbons (Fsp3) is 0. The summed E-state index contributed by atoms with van der Waals surface area (Å²) in [5.74, 6) is 0. The van der Waals surface area contributed by atoms with Crippen LogP contribution in [-0.2, 0) is 0 Å². The largest absolute Gasteiger partial charge is 0.298 e. The highest BCUT2D eigenvalue weighted by Gasteiger charge is 2.07. The van der Waals surface area contributed by atoms with Gasteiger partial charge in [0.05, 0.1) is 0 Å². The van der Waals surface area contributed by atoms with Gasteiger partial charge in [-0.25, -0.2) is 0 Å². The minimum atomic E-state index is 0.656. The van der Waals surface area contributed by atoms with E-state index in [1.807, 2.05) is 60.7 Å². The molecule has 0 N–H and O–H groups in total. The highest BCUT2D eigenvalue weighted by atomic mass is 16.1. The Morgan fingerprint density at radius 1 is 0.545 bits per heavy atom. The summed E-state index contributed by atoms with van der Waals surface area (Å²) >= 11 is 0. The van der Waals surface area contributed by atoms with Crippen molar-refractivity contribution in [2.45, 2.75) is 0 Å². The molecular weight excluding hydrogens is 272 g/mol. The van der Waals surface area contributed by atoms with Crippen LogP contribution >= 0.6 is 0 Å². The molecule has 0 unspecified atom stereocenters. The van der Waals surface area contributed by atoms with Gasteiger partial charge < -0.3 is 0 Å². The maximum Gasteiger partial charge on any atom is 0.150 e. The van der Waals surface area contributed by atoms with Gasteiger partial charge in [-0.05, 0) is 28.3 Å². The van der Waals surface area contributed by atoms with Crippen molar-refractivity contribution in [3.05, 3.63) is 83.9 Å². The lowest BCUT2D eigenvalue weighted by molar-refractivity contribution is 0.111. The Morgan fingerprint density at radius 2 is 1.00 bits per heavy atom. The van der Waals surface area contributed by atoms with Crippen LogP contribution in [0.4, 0.5) is 0 Å². The Balaban J connectivity index is 2.14. The van der Waals surface area contributed by atoms with Crippen LogP contribution in [0.3, 0.4) is 0 Å². The third kappa shape index (κ3) is 2.59. The van der Waals surface area contributed by atoms with E-state index in [1.165, 1.54) is 0 Å². The van der Waals surface area contributed by atoms with Gasteiger partial charge in [-0.1, -0.05) is 66.7 Å². The molecule has 3 aromatic rings. The van der Waals surface area contributed by atoms with Crippen molar-refractivity contribution < 1.29 is 9.59 Å². The minimum Gasteiger partial charge on any atom is -0.298 e. The van der Waals surface area contributed by atoms with E-state index in [9.17, 15) is 9.59 Å². The zero-order valence-electron chi connectivity index (χ0n) is 11.9. The molecule has 106 valence electrons. The maximum atomic E-state index is 11.2. The molecule has 0 atom stereocenters. The summed E-state index contributed by atoms with van der Waals surface area (Å²) in [4.78, 5) is 22.4. The molecule has 0 aliphatic carbocycles. The van der Waals surface area contributed by atoms with Crippen molar-refractivity contribution in [3.8, 4) is 22.3 Å². The van der Waals surface area contributed by atoms with Crippen LogP contribution in [0.1, 0.15) is 20.7 Å². The van der Waals surface area contributed by atoms with E-state index in [2.05, 4.69) is 0 Å². The fourth-order valence-corrected chi connectivity index (χ4v) is 2.58. The van der Waals surface area contributed by atoms with Gasteiger partial charge in [-0.2, -0.15) is 0 Å². The first-order valence-electron chi connectivity index (χ1n) is 7.02. The van der Waals surface area contributed by atoms with Crippen LogP contribution in [0.5, 0.6) is 0 Å². The van der Waals surface area contributed by atoms with E-state index in [1.54, 1.807) is 12.1 Å². The zero-order valence-corrected chi connectivity index (χ0v) is 11.9. The molecular formula is C20H14O2. The molecule has 2 nitrogen and oxygen atoms in total. The van der Waals surface area contributed by atoms with Crippen LogP contribution in [-0.4, -0.2) is 12.6 Å². The Kier molecular flexibility index (Phi) is 3.92. The first-order chi connectivity index (χ1) is 10.8. The molecule has 3 aromatic carbocycles. The summed E-state index contributed by atoms with van der Waals surface area (Å²) in [5, 5.41) is 0. The number of benzene rings is 3. The van der Waals surface area contributed by atoms with E-state index in [0.29, 0.717) is 11.1 Å². The third-order valence-corrected chi connectivity index (χ3v) is 3.66. The van der Waals surface area contributed by atoms with Gasteiger partial charge in [0.1, 0.15) is 0 Å². The molecule has 0 aromatic heterocycles. The minimum absolute atomic E-state index is 0.656. The summed E-state index contributed by atoms with van der Waals surface area (Å²) in [6.07, 6.45) is 1.72. The summed E-state index contributed by atoms with van der Waals surface area (Å²) in [7, 11) is 0. The second-order valence-corrected chi connectivity index (χ2v) is 4.99. The number of hydrogen-bond acceptors (Lipinski definition) is 2. The molecule has 0 spiro atoms. The normalized spacial score (nSPS) is 10.2. The Hall–Kier alpha value is -3.00. The lowest BCUT2D eigenvalue weighted by Gasteiger charge is -2.09. The standard InChI is InChI=1S/C20H14O2/c21-13-17-6-1-3-10-19(17)15-8-5-9-16(12-15)20-11-4-2-7-18(20)14-22/h1-14H. The lowest BCUT2D eigenvalue weighted by atomic mass is 9.94. The van der Waals surface area contributed by atoms with Crippen LogP contribution in [0.25, 0.3) is 22.3 Å². The van der Waals surface area contributed by atoms with E-state index < -0.39 is 0 Å². The van der Waals surface area contributed by atoms with Gasteiger partial charge >= 0.3 is 0 Å². The van der Waals surface area contributed by atoms with E-state index in [4.69, 9.17) is 0 Å². The Bertz CT molecular complexity index is 768. The van der Waals surface area contributed by atoms with E-state index >= 15 is 0 Å². The SMILES string of the molecule is O=Cc1ccccc1-c1cccc(-c2ccccc2C=O)c1. The van der Waals surface area contributed by atoms with Crippen molar-refractivity contribution in [2.24, 2.45) is 0 Å². The highest BCUT2D eigenvalue weighted by molar-refractivity contribution is 5.91. The molecule has 0 aliphatic rings.